The van der Waals surface area contributed by atoms with Gasteiger partial charge in [-0.1, -0.05) is 13.0 Å². The van der Waals surface area contributed by atoms with Gasteiger partial charge in [-0.3, -0.25) is 14.5 Å². The van der Waals surface area contributed by atoms with E-state index in [4.69, 9.17) is 10.00 Å². The molecule has 1 unspecified atom stereocenters. The summed E-state index contributed by atoms with van der Waals surface area (Å²) in [5.74, 6) is 0.0349. The van der Waals surface area contributed by atoms with E-state index in [0.29, 0.717) is 23.5 Å². The first-order chi connectivity index (χ1) is 10.1. The molecule has 1 fully saturated rings. The van der Waals surface area contributed by atoms with Crippen molar-refractivity contribution >= 4 is 17.5 Å². The van der Waals surface area contributed by atoms with Crippen LogP contribution in [0, 0.1) is 11.3 Å². The number of para-hydroxylation sites is 1. The summed E-state index contributed by atoms with van der Waals surface area (Å²) in [6, 6.07) is 6.45. The first-order valence-corrected chi connectivity index (χ1v) is 6.80. The van der Waals surface area contributed by atoms with Crippen molar-refractivity contribution in [2.45, 2.75) is 25.8 Å². The number of likely N-dealkylation sites (tertiary alicyclic amines) is 1. The number of nitriles is 1. The van der Waals surface area contributed by atoms with Crippen molar-refractivity contribution in [2.75, 3.05) is 19.0 Å². The van der Waals surface area contributed by atoms with Gasteiger partial charge in [-0.2, -0.15) is 5.26 Å². The predicted molar refractivity (Wildman–Crippen MR) is 76.7 cm³/mol. The maximum atomic E-state index is 12.2. The van der Waals surface area contributed by atoms with Crippen LogP contribution < -0.4 is 10.1 Å². The monoisotopic (exact) mass is 287 g/mol. The van der Waals surface area contributed by atoms with E-state index in [1.165, 1.54) is 12.0 Å². The van der Waals surface area contributed by atoms with Gasteiger partial charge in [0, 0.05) is 6.54 Å². The quantitative estimate of drug-likeness (QED) is 0.830. The highest BCUT2D eigenvalue weighted by molar-refractivity contribution is 6.07. The number of methoxy groups -OCH3 is 1. The predicted octanol–water partition coefficient (Wildman–Crippen LogP) is 1.52. The third-order valence-electron chi connectivity index (χ3n) is 3.38. The van der Waals surface area contributed by atoms with E-state index in [2.05, 4.69) is 11.4 Å². The number of amides is 2. The Kier molecular flexibility index (Phi) is 4.43. The molecule has 1 saturated heterocycles. The van der Waals surface area contributed by atoms with Gasteiger partial charge in [-0.25, -0.2) is 0 Å². The highest BCUT2D eigenvalue weighted by atomic mass is 16.5. The summed E-state index contributed by atoms with van der Waals surface area (Å²) in [5, 5.41) is 12.1. The summed E-state index contributed by atoms with van der Waals surface area (Å²) >= 11 is 0. The third kappa shape index (κ3) is 2.82. The van der Waals surface area contributed by atoms with Crippen molar-refractivity contribution in [3.63, 3.8) is 0 Å². The number of nitrogens with zero attached hydrogens (tertiary/aromatic N) is 2. The molecule has 1 N–H and O–H groups in total. The minimum Gasteiger partial charge on any atom is -0.495 e. The van der Waals surface area contributed by atoms with Crippen LogP contribution in [-0.2, 0) is 9.59 Å². The van der Waals surface area contributed by atoms with Crippen molar-refractivity contribution in [2.24, 2.45) is 0 Å². The maximum Gasteiger partial charge on any atom is 0.252 e. The van der Waals surface area contributed by atoms with Crippen LogP contribution in [0.15, 0.2) is 18.2 Å². The number of hydrogen-bond acceptors (Lipinski definition) is 5. The summed E-state index contributed by atoms with van der Waals surface area (Å²) in [4.78, 5) is 25.3. The molecule has 0 aliphatic carbocycles. The fraction of sp³-hybridized carbons (Fsp3) is 0.400. The highest BCUT2D eigenvalue weighted by Crippen LogP contribution is 2.30. The number of benzene rings is 1. The number of hydrogen-bond donors (Lipinski definition) is 1. The van der Waals surface area contributed by atoms with Gasteiger partial charge >= 0.3 is 0 Å². The molecule has 1 atom stereocenters. The Bertz CT molecular complexity index is 607. The Hall–Kier alpha value is -2.55. The van der Waals surface area contributed by atoms with Crippen LogP contribution in [0.2, 0.25) is 0 Å². The molecule has 0 spiro atoms. The standard InChI is InChI=1S/C15H17N3O3/c1-3-7-18-13(19)8-11(15(18)20)17-14-10(9-16)5-4-6-12(14)21-2/h4-6,11,17H,3,7-8H2,1-2H3. The Morgan fingerprint density at radius 1 is 1.48 bits per heavy atom. The van der Waals surface area contributed by atoms with Crippen molar-refractivity contribution < 1.29 is 14.3 Å². The maximum absolute atomic E-state index is 12.2. The van der Waals surface area contributed by atoms with E-state index in [-0.39, 0.29) is 18.2 Å². The van der Waals surface area contributed by atoms with Crippen molar-refractivity contribution in [3.8, 4) is 11.8 Å². The zero-order chi connectivity index (χ0) is 15.4. The second-order valence-corrected chi connectivity index (χ2v) is 4.78. The Morgan fingerprint density at radius 3 is 2.86 bits per heavy atom. The number of rotatable bonds is 5. The zero-order valence-electron chi connectivity index (χ0n) is 12.0. The molecule has 1 aliphatic heterocycles. The number of ether oxygens (including phenoxy) is 1. The van der Waals surface area contributed by atoms with Gasteiger partial charge in [-0.05, 0) is 18.6 Å². The number of nitrogens with one attached hydrogen (secondary N) is 1. The normalized spacial score (nSPS) is 17.8. The SMILES string of the molecule is CCCN1C(=O)CC(Nc2c(C#N)cccc2OC)C1=O. The van der Waals surface area contributed by atoms with Crippen LogP contribution in [0.3, 0.4) is 0 Å². The Morgan fingerprint density at radius 2 is 2.24 bits per heavy atom. The number of imide groups is 1. The fourth-order valence-corrected chi connectivity index (χ4v) is 2.37. The summed E-state index contributed by atoms with van der Waals surface area (Å²) in [5.41, 5.74) is 0.829. The molecule has 6 heteroatoms. The summed E-state index contributed by atoms with van der Waals surface area (Å²) in [6.07, 6.45) is 0.823. The number of carbonyl (C=O) groups excluding carboxylic acids is 2. The van der Waals surface area contributed by atoms with Crippen LogP contribution in [0.5, 0.6) is 5.75 Å². The largest absolute Gasteiger partial charge is 0.495 e. The second-order valence-electron chi connectivity index (χ2n) is 4.78. The molecule has 6 nitrogen and oxygen atoms in total. The van der Waals surface area contributed by atoms with Crippen LogP contribution in [0.4, 0.5) is 5.69 Å². The summed E-state index contributed by atoms with van der Waals surface area (Å²) in [6.45, 7) is 2.34. The molecule has 1 aromatic rings. The molecule has 0 aromatic heterocycles. The zero-order valence-corrected chi connectivity index (χ0v) is 12.0. The van der Waals surface area contributed by atoms with Crippen LogP contribution in [0.25, 0.3) is 0 Å². The molecule has 21 heavy (non-hydrogen) atoms. The molecular weight excluding hydrogens is 270 g/mol. The van der Waals surface area contributed by atoms with Gasteiger partial charge in [-0.15, -0.1) is 0 Å². The summed E-state index contributed by atoms with van der Waals surface area (Å²) in [7, 11) is 1.49. The molecule has 1 aromatic carbocycles. The van der Waals surface area contributed by atoms with Crippen molar-refractivity contribution in [1.29, 1.82) is 5.26 Å². The molecule has 0 bridgehead atoms. The molecule has 1 aliphatic rings. The van der Waals surface area contributed by atoms with E-state index < -0.39 is 6.04 Å². The molecule has 110 valence electrons. The van der Waals surface area contributed by atoms with E-state index in [9.17, 15) is 9.59 Å². The van der Waals surface area contributed by atoms with Gasteiger partial charge < -0.3 is 10.1 Å². The average Bonchev–Trinajstić information content (AvgIpc) is 2.75. The van der Waals surface area contributed by atoms with Gasteiger partial charge in [0.05, 0.1) is 24.8 Å². The van der Waals surface area contributed by atoms with Gasteiger partial charge in [0.25, 0.3) is 5.91 Å². The summed E-state index contributed by atoms with van der Waals surface area (Å²) < 4.78 is 5.21. The van der Waals surface area contributed by atoms with E-state index in [1.54, 1.807) is 18.2 Å². The average molecular weight is 287 g/mol. The topological polar surface area (TPSA) is 82.4 Å². The van der Waals surface area contributed by atoms with E-state index in [0.717, 1.165) is 6.42 Å². The third-order valence-corrected chi connectivity index (χ3v) is 3.38. The lowest BCUT2D eigenvalue weighted by Crippen LogP contribution is -2.35. The Balaban J connectivity index is 2.26. The van der Waals surface area contributed by atoms with Crippen LogP contribution in [0.1, 0.15) is 25.3 Å². The first kappa shape index (κ1) is 14.9. The number of anilines is 1. The minimum atomic E-state index is -0.646. The van der Waals surface area contributed by atoms with Crippen molar-refractivity contribution in [1.82, 2.24) is 4.90 Å². The van der Waals surface area contributed by atoms with Crippen molar-refractivity contribution in [3.05, 3.63) is 23.8 Å². The highest BCUT2D eigenvalue weighted by Gasteiger charge is 2.38. The smallest absolute Gasteiger partial charge is 0.252 e. The molecular formula is C15H17N3O3. The molecule has 0 saturated carbocycles. The van der Waals surface area contributed by atoms with Crippen LogP contribution in [-0.4, -0.2) is 36.4 Å². The first-order valence-electron chi connectivity index (χ1n) is 6.80. The Labute approximate surface area is 123 Å². The van der Waals surface area contributed by atoms with Gasteiger partial charge in [0.1, 0.15) is 17.9 Å². The van der Waals surface area contributed by atoms with E-state index >= 15 is 0 Å². The van der Waals surface area contributed by atoms with Gasteiger partial charge in [0.2, 0.25) is 5.91 Å². The van der Waals surface area contributed by atoms with Gasteiger partial charge in [0.15, 0.2) is 0 Å². The lowest BCUT2D eigenvalue weighted by Gasteiger charge is -2.17. The lowest BCUT2D eigenvalue weighted by atomic mass is 10.1. The van der Waals surface area contributed by atoms with E-state index in [1.807, 2.05) is 6.92 Å². The van der Waals surface area contributed by atoms with Crippen LogP contribution >= 0.6 is 0 Å². The second kappa shape index (κ2) is 6.27. The molecule has 1 heterocycles. The minimum absolute atomic E-state index is 0.0990. The molecule has 2 rings (SSSR count). The number of carbonyl (C=O) groups is 2. The fourth-order valence-electron chi connectivity index (χ4n) is 2.37. The molecule has 0 radical (unpaired) electrons. The molecule has 2 amide bonds. The lowest BCUT2D eigenvalue weighted by molar-refractivity contribution is -0.138.